The van der Waals surface area contributed by atoms with Crippen molar-refractivity contribution in [2.24, 2.45) is 0 Å². The summed E-state index contributed by atoms with van der Waals surface area (Å²) >= 11 is 1.85. The molecule has 0 bridgehead atoms. The highest BCUT2D eigenvalue weighted by molar-refractivity contribution is 7.11. The summed E-state index contributed by atoms with van der Waals surface area (Å²) in [6, 6.07) is 0. The van der Waals surface area contributed by atoms with Crippen molar-refractivity contribution >= 4 is 16.9 Å². The van der Waals surface area contributed by atoms with Crippen LogP contribution in [0.5, 0.6) is 0 Å². The van der Waals surface area contributed by atoms with Crippen molar-refractivity contribution in [1.82, 2.24) is 0 Å². The molecule has 0 aromatic carbocycles. The third-order valence-corrected chi connectivity index (χ3v) is 3.84. The fourth-order valence-corrected chi connectivity index (χ4v) is 2.76. The number of rotatable bonds is 1. The molecule has 0 saturated carbocycles. The van der Waals surface area contributed by atoms with E-state index in [1.807, 2.05) is 11.3 Å². The second-order valence-corrected chi connectivity index (χ2v) is 4.38. The van der Waals surface area contributed by atoms with Crippen LogP contribution >= 0.6 is 11.3 Å². The molecule has 1 radical (unpaired) electrons. The lowest BCUT2D eigenvalue weighted by molar-refractivity contribution is 1.36. The Bertz CT molecular complexity index is 391. The summed E-state index contributed by atoms with van der Waals surface area (Å²) in [6.45, 7) is 6.52. The van der Waals surface area contributed by atoms with E-state index in [1.54, 1.807) is 0 Å². The van der Waals surface area contributed by atoms with Gasteiger partial charge in [-0.05, 0) is 60.9 Å². The molecular formula is C12H13S. The van der Waals surface area contributed by atoms with Crippen LogP contribution in [0.4, 0.5) is 0 Å². The summed E-state index contributed by atoms with van der Waals surface area (Å²) < 4.78 is 0. The fourth-order valence-electron chi connectivity index (χ4n) is 1.59. The van der Waals surface area contributed by atoms with E-state index in [4.69, 9.17) is 0 Å². The Morgan fingerprint density at radius 1 is 1.31 bits per heavy atom. The Kier molecular flexibility index (Phi) is 2.12. The van der Waals surface area contributed by atoms with Crippen molar-refractivity contribution in [1.29, 1.82) is 0 Å². The SMILES string of the molecule is CC1=[C]CC=C1c1scc(C)c1C. The molecule has 0 amide bonds. The van der Waals surface area contributed by atoms with Crippen LogP contribution in [-0.2, 0) is 0 Å². The Morgan fingerprint density at radius 3 is 2.54 bits per heavy atom. The Hall–Kier alpha value is -0.820. The number of hydrogen-bond acceptors (Lipinski definition) is 1. The molecule has 1 heteroatoms. The summed E-state index contributed by atoms with van der Waals surface area (Å²) in [4.78, 5) is 1.43. The van der Waals surface area contributed by atoms with Crippen LogP contribution in [-0.4, -0.2) is 0 Å². The molecule has 0 nitrogen and oxygen atoms in total. The number of thiophene rings is 1. The van der Waals surface area contributed by atoms with Crippen molar-refractivity contribution < 1.29 is 0 Å². The maximum Gasteiger partial charge on any atom is 0.0374 e. The van der Waals surface area contributed by atoms with Gasteiger partial charge < -0.3 is 0 Å². The first-order chi connectivity index (χ1) is 6.20. The van der Waals surface area contributed by atoms with E-state index in [-0.39, 0.29) is 0 Å². The number of hydrogen-bond donors (Lipinski definition) is 0. The first kappa shape index (κ1) is 8.76. The van der Waals surface area contributed by atoms with E-state index in [0.29, 0.717) is 0 Å². The van der Waals surface area contributed by atoms with Crippen LogP contribution in [0.25, 0.3) is 5.57 Å². The first-order valence-corrected chi connectivity index (χ1v) is 5.41. The van der Waals surface area contributed by atoms with Gasteiger partial charge in [0.1, 0.15) is 0 Å². The van der Waals surface area contributed by atoms with Gasteiger partial charge in [0.05, 0.1) is 0 Å². The van der Waals surface area contributed by atoms with E-state index in [1.165, 1.54) is 27.2 Å². The van der Waals surface area contributed by atoms with E-state index in [9.17, 15) is 0 Å². The standard InChI is InChI=1S/C12H13S/c1-8-5-4-6-11(8)12-10(3)9(2)7-13-12/h6-7H,4H2,1-3H3. The average Bonchev–Trinajstić information content (AvgIpc) is 2.62. The Labute approximate surface area is 83.6 Å². The van der Waals surface area contributed by atoms with Gasteiger partial charge in [-0.25, -0.2) is 0 Å². The van der Waals surface area contributed by atoms with Crippen molar-refractivity contribution in [3.8, 4) is 0 Å². The Balaban J connectivity index is 2.47. The molecule has 1 heterocycles. The molecule has 0 spiro atoms. The monoisotopic (exact) mass is 189 g/mol. The van der Waals surface area contributed by atoms with Gasteiger partial charge in [-0.15, -0.1) is 11.3 Å². The van der Waals surface area contributed by atoms with Gasteiger partial charge in [-0.1, -0.05) is 6.08 Å². The topological polar surface area (TPSA) is 0 Å². The maximum atomic E-state index is 3.34. The molecule has 13 heavy (non-hydrogen) atoms. The summed E-state index contributed by atoms with van der Waals surface area (Å²) in [5.41, 5.74) is 5.54. The van der Waals surface area contributed by atoms with Gasteiger partial charge in [-0.3, -0.25) is 0 Å². The third kappa shape index (κ3) is 1.37. The molecule has 0 atom stereocenters. The summed E-state index contributed by atoms with van der Waals surface area (Å²) in [5, 5.41) is 2.23. The van der Waals surface area contributed by atoms with Crippen LogP contribution in [0.1, 0.15) is 29.3 Å². The van der Waals surface area contributed by atoms with Gasteiger partial charge in [0.25, 0.3) is 0 Å². The molecule has 0 fully saturated rings. The quantitative estimate of drug-likeness (QED) is 0.628. The zero-order chi connectivity index (χ0) is 9.42. The lowest BCUT2D eigenvalue weighted by Gasteiger charge is -2.02. The molecule has 1 aromatic heterocycles. The van der Waals surface area contributed by atoms with Gasteiger partial charge >= 0.3 is 0 Å². The van der Waals surface area contributed by atoms with Crippen molar-refractivity contribution in [2.75, 3.05) is 0 Å². The molecule has 2 rings (SSSR count). The van der Waals surface area contributed by atoms with Gasteiger partial charge in [0.15, 0.2) is 0 Å². The van der Waals surface area contributed by atoms with E-state index < -0.39 is 0 Å². The molecule has 0 unspecified atom stereocenters. The van der Waals surface area contributed by atoms with Gasteiger partial charge in [0, 0.05) is 4.88 Å². The van der Waals surface area contributed by atoms with E-state index in [0.717, 1.165) is 6.42 Å². The van der Waals surface area contributed by atoms with Crippen molar-refractivity contribution in [3.05, 3.63) is 39.1 Å². The predicted octanol–water partition coefficient (Wildman–Crippen LogP) is 3.90. The molecule has 67 valence electrons. The molecule has 0 N–H and O–H groups in total. The normalized spacial score (nSPS) is 15.9. The van der Waals surface area contributed by atoms with Gasteiger partial charge in [-0.2, -0.15) is 0 Å². The summed E-state index contributed by atoms with van der Waals surface area (Å²) in [6.07, 6.45) is 6.59. The summed E-state index contributed by atoms with van der Waals surface area (Å²) in [7, 11) is 0. The smallest absolute Gasteiger partial charge is 0.0374 e. The van der Waals surface area contributed by atoms with Gasteiger partial charge in [0.2, 0.25) is 0 Å². The molecular weight excluding hydrogens is 176 g/mol. The van der Waals surface area contributed by atoms with Crippen molar-refractivity contribution in [2.45, 2.75) is 27.2 Å². The second-order valence-electron chi connectivity index (χ2n) is 3.50. The van der Waals surface area contributed by atoms with Crippen LogP contribution in [0, 0.1) is 19.9 Å². The lowest BCUT2D eigenvalue weighted by Crippen LogP contribution is -1.82. The molecule has 1 aliphatic carbocycles. The minimum absolute atomic E-state index is 0.984. The molecule has 1 aliphatic rings. The highest BCUT2D eigenvalue weighted by Gasteiger charge is 2.13. The maximum absolute atomic E-state index is 3.34. The van der Waals surface area contributed by atoms with Crippen LogP contribution in [0.15, 0.2) is 17.0 Å². The van der Waals surface area contributed by atoms with E-state index >= 15 is 0 Å². The lowest BCUT2D eigenvalue weighted by atomic mass is 10.1. The largest absolute Gasteiger partial charge is 0.143 e. The highest BCUT2D eigenvalue weighted by Crippen LogP contribution is 2.35. The van der Waals surface area contributed by atoms with E-state index in [2.05, 4.69) is 38.3 Å². The minimum atomic E-state index is 0.984. The molecule has 1 aromatic rings. The third-order valence-electron chi connectivity index (χ3n) is 2.61. The predicted molar refractivity (Wildman–Crippen MR) is 58.8 cm³/mol. The number of allylic oxidation sites excluding steroid dienone is 4. The fraction of sp³-hybridized carbons (Fsp3) is 0.333. The van der Waals surface area contributed by atoms with Crippen LogP contribution in [0.2, 0.25) is 0 Å². The second kappa shape index (κ2) is 3.15. The Morgan fingerprint density at radius 2 is 2.08 bits per heavy atom. The minimum Gasteiger partial charge on any atom is -0.143 e. The van der Waals surface area contributed by atoms with Crippen molar-refractivity contribution in [3.63, 3.8) is 0 Å². The zero-order valence-electron chi connectivity index (χ0n) is 8.27. The zero-order valence-corrected chi connectivity index (χ0v) is 9.09. The highest BCUT2D eigenvalue weighted by atomic mass is 32.1. The van der Waals surface area contributed by atoms with Crippen LogP contribution < -0.4 is 0 Å². The molecule has 0 saturated heterocycles. The first-order valence-electron chi connectivity index (χ1n) is 4.53. The van der Waals surface area contributed by atoms with Crippen LogP contribution in [0.3, 0.4) is 0 Å². The average molecular weight is 189 g/mol. The molecule has 0 aliphatic heterocycles. The number of aryl methyl sites for hydroxylation is 1. The summed E-state index contributed by atoms with van der Waals surface area (Å²) in [5.74, 6) is 0.